The van der Waals surface area contributed by atoms with Gasteiger partial charge in [0, 0.05) is 22.9 Å². The zero-order chi connectivity index (χ0) is 18.8. The van der Waals surface area contributed by atoms with Crippen LogP contribution in [-0.4, -0.2) is 25.6 Å². The Morgan fingerprint density at radius 2 is 1.96 bits per heavy atom. The standard InChI is InChI=1S/C18H17N5O3/c1-11-9-12(2)22(21-11)17-8-7-14(10-19-17)20-18(24)15-5-4-6-16(13(15)3)23(25)26/h4-10H,1-3H3,(H,20,24). The average molecular weight is 351 g/mol. The molecule has 2 heterocycles. The first kappa shape index (κ1) is 17.3. The highest BCUT2D eigenvalue weighted by Crippen LogP contribution is 2.22. The topological polar surface area (TPSA) is 103 Å². The molecule has 3 rings (SSSR count). The van der Waals surface area contributed by atoms with Gasteiger partial charge in [-0.15, -0.1) is 0 Å². The van der Waals surface area contributed by atoms with Crippen molar-refractivity contribution in [3.05, 3.63) is 75.2 Å². The lowest BCUT2D eigenvalue weighted by atomic mass is 10.1. The summed E-state index contributed by atoms with van der Waals surface area (Å²) in [6.07, 6.45) is 1.52. The number of aryl methyl sites for hydroxylation is 2. The molecule has 0 saturated heterocycles. The first-order chi connectivity index (χ1) is 12.4. The number of nitrogens with zero attached hydrogens (tertiary/aromatic N) is 4. The third-order valence-corrected chi connectivity index (χ3v) is 3.98. The van der Waals surface area contributed by atoms with E-state index in [1.807, 2.05) is 19.9 Å². The number of aromatic nitrogens is 3. The van der Waals surface area contributed by atoms with E-state index in [0.29, 0.717) is 17.1 Å². The van der Waals surface area contributed by atoms with Crippen LogP contribution in [0, 0.1) is 30.9 Å². The molecule has 8 heteroatoms. The smallest absolute Gasteiger partial charge is 0.273 e. The lowest BCUT2D eigenvalue weighted by Crippen LogP contribution is -2.14. The minimum Gasteiger partial charge on any atom is -0.321 e. The number of hydrogen-bond donors (Lipinski definition) is 1. The van der Waals surface area contributed by atoms with Gasteiger partial charge in [-0.05, 0) is 45.0 Å². The molecule has 0 radical (unpaired) electrons. The second kappa shape index (κ2) is 6.75. The predicted octanol–water partition coefficient (Wildman–Crippen LogP) is 3.35. The molecule has 26 heavy (non-hydrogen) atoms. The van der Waals surface area contributed by atoms with Crippen LogP contribution in [0.15, 0.2) is 42.6 Å². The van der Waals surface area contributed by atoms with Gasteiger partial charge in [0.25, 0.3) is 11.6 Å². The van der Waals surface area contributed by atoms with Crippen LogP contribution < -0.4 is 5.32 Å². The molecule has 0 aliphatic rings. The van der Waals surface area contributed by atoms with Gasteiger partial charge in [-0.1, -0.05) is 6.07 Å². The number of nitro benzene ring substituents is 1. The van der Waals surface area contributed by atoms with Gasteiger partial charge >= 0.3 is 0 Å². The van der Waals surface area contributed by atoms with Crippen molar-refractivity contribution in [2.45, 2.75) is 20.8 Å². The highest BCUT2D eigenvalue weighted by atomic mass is 16.6. The molecule has 0 atom stereocenters. The summed E-state index contributed by atoms with van der Waals surface area (Å²) < 4.78 is 1.71. The summed E-state index contributed by atoms with van der Waals surface area (Å²) in [5.41, 5.74) is 2.83. The second-order valence-corrected chi connectivity index (χ2v) is 5.90. The predicted molar refractivity (Wildman–Crippen MR) is 96.6 cm³/mol. The quantitative estimate of drug-likeness (QED) is 0.573. The van der Waals surface area contributed by atoms with Gasteiger partial charge in [-0.25, -0.2) is 9.67 Å². The first-order valence-corrected chi connectivity index (χ1v) is 7.92. The second-order valence-electron chi connectivity index (χ2n) is 5.90. The van der Waals surface area contributed by atoms with Crippen LogP contribution in [0.5, 0.6) is 0 Å². The number of benzene rings is 1. The van der Waals surface area contributed by atoms with Crippen molar-refractivity contribution in [2.24, 2.45) is 0 Å². The van der Waals surface area contributed by atoms with Gasteiger partial charge < -0.3 is 5.32 Å². The van der Waals surface area contributed by atoms with E-state index in [9.17, 15) is 14.9 Å². The lowest BCUT2D eigenvalue weighted by molar-refractivity contribution is -0.385. The molecule has 1 N–H and O–H groups in total. The summed E-state index contributed by atoms with van der Waals surface area (Å²) in [5.74, 6) is 0.215. The van der Waals surface area contributed by atoms with Crippen LogP contribution in [0.25, 0.3) is 5.82 Å². The molecule has 0 aliphatic heterocycles. The number of rotatable bonds is 4. The number of amides is 1. The molecule has 1 aromatic carbocycles. The van der Waals surface area contributed by atoms with E-state index in [4.69, 9.17) is 0 Å². The average Bonchev–Trinajstić information content (AvgIpc) is 2.93. The molecule has 8 nitrogen and oxygen atoms in total. The summed E-state index contributed by atoms with van der Waals surface area (Å²) in [7, 11) is 0. The summed E-state index contributed by atoms with van der Waals surface area (Å²) in [5, 5.41) is 18.1. The maximum Gasteiger partial charge on any atom is 0.273 e. The van der Waals surface area contributed by atoms with E-state index in [2.05, 4.69) is 15.4 Å². The van der Waals surface area contributed by atoms with E-state index in [1.165, 1.54) is 18.3 Å². The molecule has 2 aromatic heterocycles. The molecular weight excluding hydrogens is 334 g/mol. The SMILES string of the molecule is Cc1cc(C)n(-c2ccc(NC(=O)c3cccc([N+](=O)[O-])c3C)cn2)n1. The molecule has 0 fully saturated rings. The van der Waals surface area contributed by atoms with Crippen LogP contribution in [-0.2, 0) is 0 Å². The Labute approximate surface area is 149 Å². The molecule has 1 amide bonds. The van der Waals surface area contributed by atoms with Crippen molar-refractivity contribution in [1.29, 1.82) is 0 Å². The number of hydrogen-bond acceptors (Lipinski definition) is 5. The Balaban J connectivity index is 1.82. The molecule has 0 spiro atoms. The molecule has 0 unspecified atom stereocenters. The number of pyridine rings is 1. The number of carbonyl (C=O) groups is 1. The van der Waals surface area contributed by atoms with Crippen LogP contribution in [0.3, 0.4) is 0 Å². The zero-order valence-corrected chi connectivity index (χ0v) is 14.6. The van der Waals surface area contributed by atoms with Crippen molar-refractivity contribution in [3.63, 3.8) is 0 Å². The fourth-order valence-corrected chi connectivity index (χ4v) is 2.71. The van der Waals surface area contributed by atoms with Crippen LogP contribution >= 0.6 is 0 Å². The highest BCUT2D eigenvalue weighted by Gasteiger charge is 2.18. The molecule has 0 saturated carbocycles. The summed E-state index contributed by atoms with van der Waals surface area (Å²) in [4.78, 5) is 27.3. The molecular formula is C18H17N5O3. The maximum absolute atomic E-state index is 12.4. The van der Waals surface area contributed by atoms with Crippen molar-refractivity contribution < 1.29 is 9.72 Å². The number of anilines is 1. The van der Waals surface area contributed by atoms with Crippen molar-refractivity contribution in [3.8, 4) is 5.82 Å². The molecule has 0 aliphatic carbocycles. The van der Waals surface area contributed by atoms with Gasteiger partial charge in [0.1, 0.15) is 0 Å². The minimum absolute atomic E-state index is 0.0874. The maximum atomic E-state index is 12.4. The number of nitro groups is 1. The van der Waals surface area contributed by atoms with E-state index in [-0.39, 0.29) is 11.3 Å². The fraction of sp³-hybridized carbons (Fsp3) is 0.167. The van der Waals surface area contributed by atoms with Gasteiger partial charge in [-0.3, -0.25) is 14.9 Å². The van der Waals surface area contributed by atoms with Crippen molar-refractivity contribution in [1.82, 2.24) is 14.8 Å². The third-order valence-electron chi connectivity index (χ3n) is 3.98. The van der Waals surface area contributed by atoms with Crippen molar-refractivity contribution in [2.75, 3.05) is 5.32 Å². The fourth-order valence-electron chi connectivity index (χ4n) is 2.71. The Morgan fingerprint density at radius 1 is 1.19 bits per heavy atom. The summed E-state index contributed by atoms with van der Waals surface area (Å²) >= 11 is 0. The Morgan fingerprint density at radius 3 is 2.54 bits per heavy atom. The Hall–Kier alpha value is -3.55. The molecule has 132 valence electrons. The lowest BCUT2D eigenvalue weighted by Gasteiger charge is -2.09. The van der Waals surface area contributed by atoms with Gasteiger partial charge in [-0.2, -0.15) is 5.10 Å². The number of carbonyl (C=O) groups excluding carboxylic acids is 1. The van der Waals surface area contributed by atoms with Crippen molar-refractivity contribution >= 4 is 17.3 Å². The normalized spacial score (nSPS) is 10.6. The van der Waals surface area contributed by atoms with E-state index < -0.39 is 10.8 Å². The first-order valence-electron chi connectivity index (χ1n) is 7.92. The molecule has 3 aromatic rings. The summed E-state index contributed by atoms with van der Waals surface area (Å²) in [6.45, 7) is 5.39. The van der Waals surface area contributed by atoms with Crippen LogP contribution in [0.4, 0.5) is 11.4 Å². The molecule has 0 bridgehead atoms. The highest BCUT2D eigenvalue weighted by molar-refractivity contribution is 6.05. The third kappa shape index (κ3) is 3.30. The van der Waals surface area contributed by atoms with Gasteiger partial charge in [0.2, 0.25) is 0 Å². The van der Waals surface area contributed by atoms with Crippen LogP contribution in [0.1, 0.15) is 27.3 Å². The summed E-state index contributed by atoms with van der Waals surface area (Å²) in [6, 6.07) is 9.82. The van der Waals surface area contributed by atoms with Crippen LogP contribution in [0.2, 0.25) is 0 Å². The minimum atomic E-state index is -0.503. The largest absolute Gasteiger partial charge is 0.321 e. The van der Waals surface area contributed by atoms with E-state index in [0.717, 1.165) is 11.4 Å². The van der Waals surface area contributed by atoms with Gasteiger partial charge in [0.15, 0.2) is 5.82 Å². The zero-order valence-electron chi connectivity index (χ0n) is 14.6. The number of nitrogens with one attached hydrogen (secondary N) is 1. The van der Waals surface area contributed by atoms with Gasteiger partial charge in [0.05, 0.1) is 22.5 Å². The van der Waals surface area contributed by atoms with E-state index >= 15 is 0 Å². The monoisotopic (exact) mass is 351 g/mol. The van der Waals surface area contributed by atoms with E-state index in [1.54, 1.807) is 29.8 Å². The Kier molecular flexibility index (Phi) is 4.49. The Bertz CT molecular complexity index is 993.